The Morgan fingerprint density at radius 2 is 2.22 bits per heavy atom. The molecule has 18 heavy (non-hydrogen) atoms. The monoisotopic (exact) mass is 247 g/mol. The Morgan fingerprint density at radius 3 is 2.89 bits per heavy atom. The number of rotatable bonds is 2. The molecule has 1 aromatic rings. The van der Waals surface area contributed by atoms with Crippen LogP contribution in [-0.2, 0) is 4.79 Å². The average molecular weight is 247 g/mol. The molecule has 1 amide bonds. The van der Waals surface area contributed by atoms with Crippen molar-refractivity contribution in [3.8, 4) is 0 Å². The predicted molar refractivity (Wildman–Crippen MR) is 72.8 cm³/mol. The fourth-order valence-corrected chi connectivity index (χ4v) is 2.42. The highest BCUT2D eigenvalue weighted by Gasteiger charge is 2.23. The van der Waals surface area contributed by atoms with Crippen molar-refractivity contribution in [3.05, 3.63) is 23.9 Å². The standard InChI is InChI=1S/C14H21N3O/c1-11(18)17-9-5-6-12(10-17)13-7-4-8-14(15-13)16(2)3/h4,7-8,12H,5-6,9-10H2,1-3H3. The summed E-state index contributed by atoms with van der Waals surface area (Å²) in [5.41, 5.74) is 1.10. The lowest BCUT2D eigenvalue weighted by atomic mass is 9.94. The van der Waals surface area contributed by atoms with E-state index < -0.39 is 0 Å². The number of hydrogen-bond acceptors (Lipinski definition) is 3. The van der Waals surface area contributed by atoms with E-state index in [2.05, 4.69) is 11.1 Å². The molecule has 0 radical (unpaired) electrons. The van der Waals surface area contributed by atoms with Gasteiger partial charge in [0.1, 0.15) is 5.82 Å². The second-order valence-corrected chi connectivity index (χ2v) is 5.12. The summed E-state index contributed by atoms with van der Waals surface area (Å²) in [6, 6.07) is 6.13. The summed E-state index contributed by atoms with van der Waals surface area (Å²) in [5, 5.41) is 0. The molecule has 1 aliphatic rings. The highest BCUT2D eigenvalue weighted by molar-refractivity contribution is 5.73. The fraction of sp³-hybridized carbons (Fsp3) is 0.571. The van der Waals surface area contributed by atoms with Crippen molar-refractivity contribution in [1.82, 2.24) is 9.88 Å². The lowest BCUT2D eigenvalue weighted by Crippen LogP contribution is -2.37. The smallest absolute Gasteiger partial charge is 0.219 e. The van der Waals surface area contributed by atoms with Crippen LogP contribution in [0.4, 0.5) is 5.82 Å². The minimum atomic E-state index is 0.170. The first-order chi connectivity index (χ1) is 8.58. The van der Waals surface area contributed by atoms with Crippen molar-refractivity contribution in [1.29, 1.82) is 0 Å². The van der Waals surface area contributed by atoms with Crippen molar-refractivity contribution in [2.24, 2.45) is 0 Å². The Kier molecular flexibility index (Phi) is 3.84. The quantitative estimate of drug-likeness (QED) is 0.800. The topological polar surface area (TPSA) is 36.4 Å². The Bertz CT molecular complexity index is 431. The molecular weight excluding hydrogens is 226 g/mol. The van der Waals surface area contributed by atoms with Gasteiger partial charge in [-0.3, -0.25) is 4.79 Å². The maximum Gasteiger partial charge on any atom is 0.219 e. The summed E-state index contributed by atoms with van der Waals surface area (Å²) >= 11 is 0. The number of carbonyl (C=O) groups is 1. The highest BCUT2D eigenvalue weighted by Crippen LogP contribution is 2.26. The number of nitrogens with zero attached hydrogens (tertiary/aromatic N) is 3. The summed E-state index contributed by atoms with van der Waals surface area (Å²) in [7, 11) is 3.99. The number of hydrogen-bond donors (Lipinski definition) is 0. The van der Waals surface area contributed by atoms with Crippen molar-refractivity contribution in [2.45, 2.75) is 25.7 Å². The highest BCUT2D eigenvalue weighted by atomic mass is 16.2. The molecule has 1 unspecified atom stereocenters. The second kappa shape index (κ2) is 5.38. The van der Waals surface area contributed by atoms with Crippen LogP contribution in [0, 0.1) is 0 Å². The molecule has 4 nitrogen and oxygen atoms in total. The lowest BCUT2D eigenvalue weighted by molar-refractivity contribution is -0.130. The van der Waals surface area contributed by atoms with Gasteiger partial charge in [0.2, 0.25) is 5.91 Å². The number of amides is 1. The first-order valence-electron chi connectivity index (χ1n) is 6.47. The first kappa shape index (κ1) is 12.9. The van der Waals surface area contributed by atoms with Gasteiger partial charge in [0.15, 0.2) is 0 Å². The largest absolute Gasteiger partial charge is 0.363 e. The molecule has 1 aliphatic heterocycles. The van der Waals surface area contributed by atoms with Gasteiger partial charge < -0.3 is 9.80 Å². The summed E-state index contributed by atoms with van der Waals surface area (Å²) < 4.78 is 0. The Balaban J connectivity index is 2.15. The Labute approximate surface area is 109 Å². The van der Waals surface area contributed by atoms with Gasteiger partial charge in [0.25, 0.3) is 0 Å². The average Bonchev–Trinajstić information content (AvgIpc) is 2.39. The number of likely N-dealkylation sites (tertiary alicyclic amines) is 1. The number of aromatic nitrogens is 1. The Morgan fingerprint density at radius 1 is 1.44 bits per heavy atom. The van der Waals surface area contributed by atoms with Crippen molar-refractivity contribution in [2.75, 3.05) is 32.1 Å². The van der Waals surface area contributed by atoms with Crippen LogP contribution < -0.4 is 4.90 Å². The van der Waals surface area contributed by atoms with Gasteiger partial charge in [-0.1, -0.05) is 6.07 Å². The molecule has 0 bridgehead atoms. The lowest BCUT2D eigenvalue weighted by Gasteiger charge is -2.32. The fourth-order valence-electron chi connectivity index (χ4n) is 2.42. The molecule has 2 heterocycles. The van der Waals surface area contributed by atoms with Crippen LogP contribution in [-0.4, -0.2) is 43.0 Å². The first-order valence-corrected chi connectivity index (χ1v) is 6.47. The zero-order valence-electron chi connectivity index (χ0n) is 11.4. The molecule has 0 N–H and O–H groups in total. The van der Waals surface area contributed by atoms with Crippen LogP contribution >= 0.6 is 0 Å². The van der Waals surface area contributed by atoms with Gasteiger partial charge >= 0.3 is 0 Å². The molecule has 4 heteroatoms. The number of anilines is 1. The SMILES string of the molecule is CC(=O)N1CCCC(c2cccc(N(C)C)n2)C1. The normalized spacial score (nSPS) is 19.7. The predicted octanol–water partition coefficient (Wildman–Crippen LogP) is 1.87. The van der Waals surface area contributed by atoms with Crippen LogP contribution in [0.15, 0.2) is 18.2 Å². The van der Waals surface area contributed by atoms with Crippen LogP contribution in [0.5, 0.6) is 0 Å². The van der Waals surface area contributed by atoms with Gasteiger partial charge in [0, 0.05) is 45.7 Å². The molecular formula is C14H21N3O. The summed E-state index contributed by atoms with van der Waals surface area (Å²) in [4.78, 5) is 20.1. The van der Waals surface area contributed by atoms with E-state index in [1.165, 1.54) is 0 Å². The zero-order chi connectivity index (χ0) is 13.1. The van der Waals surface area contributed by atoms with E-state index >= 15 is 0 Å². The summed E-state index contributed by atoms with van der Waals surface area (Å²) in [5.74, 6) is 1.53. The van der Waals surface area contributed by atoms with Crippen LogP contribution in [0.1, 0.15) is 31.4 Å². The van der Waals surface area contributed by atoms with Crippen LogP contribution in [0.3, 0.4) is 0 Å². The molecule has 98 valence electrons. The number of pyridine rings is 1. The van der Waals surface area contributed by atoms with E-state index in [0.29, 0.717) is 5.92 Å². The van der Waals surface area contributed by atoms with Gasteiger partial charge in [-0.2, -0.15) is 0 Å². The minimum absolute atomic E-state index is 0.170. The molecule has 0 aliphatic carbocycles. The third-order valence-electron chi connectivity index (χ3n) is 3.50. The number of piperidine rings is 1. The second-order valence-electron chi connectivity index (χ2n) is 5.12. The van der Waals surface area contributed by atoms with E-state index in [4.69, 9.17) is 0 Å². The number of carbonyl (C=O) groups excluding carboxylic acids is 1. The summed E-state index contributed by atoms with van der Waals surface area (Å²) in [6.07, 6.45) is 2.19. The molecule has 1 aromatic heterocycles. The van der Waals surface area contributed by atoms with Gasteiger partial charge in [-0.05, 0) is 25.0 Å². The molecule has 2 rings (SSSR count). The molecule has 1 atom stereocenters. The molecule has 0 saturated carbocycles. The Hall–Kier alpha value is -1.58. The van der Waals surface area contributed by atoms with E-state index in [1.807, 2.05) is 36.0 Å². The molecule has 1 fully saturated rings. The van der Waals surface area contributed by atoms with E-state index in [9.17, 15) is 4.79 Å². The van der Waals surface area contributed by atoms with Crippen LogP contribution in [0.2, 0.25) is 0 Å². The molecule has 0 spiro atoms. The van der Waals surface area contributed by atoms with Crippen molar-refractivity contribution >= 4 is 11.7 Å². The van der Waals surface area contributed by atoms with E-state index in [-0.39, 0.29) is 5.91 Å². The van der Waals surface area contributed by atoms with Gasteiger partial charge in [0.05, 0.1) is 0 Å². The maximum atomic E-state index is 11.4. The van der Waals surface area contributed by atoms with E-state index in [0.717, 1.165) is 37.4 Å². The summed E-state index contributed by atoms with van der Waals surface area (Å²) in [6.45, 7) is 3.34. The third kappa shape index (κ3) is 2.81. The van der Waals surface area contributed by atoms with Gasteiger partial charge in [-0.25, -0.2) is 4.98 Å². The third-order valence-corrected chi connectivity index (χ3v) is 3.50. The molecule has 1 saturated heterocycles. The zero-order valence-corrected chi connectivity index (χ0v) is 11.4. The maximum absolute atomic E-state index is 11.4. The minimum Gasteiger partial charge on any atom is -0.363 e. The van der Waals surface area contributed by atoms with Crippen molar-refractivity contribution in [3.63, 3.8) is 0 Å². The molecule has 0 aromatic carbocycles. The van der Waals surface area contributed by atoms with E-state index in [1.54, 1.807) is 6.92 Å². The van der Waals surface area contributed by atoms with Crippen LogP contribution in [0.25, 0.3) is 0 Å². The van der Waals surface area contributed by atoms with Crippen molar-refractivity contribution < 1.29 is 4.79 Å². The van der Waals surface area contributed by atoms with Gasteiger partial charge in [-0.15, -0.1) is 0 Å².